The van der Waals surface area contributed by atoms with E-state index in [1.165, 1.54) is 36.4 Å². The normalized spacial score (nSPS) is 11.9. The first-order valence-corrected chi connectivity index (χ1v) is 13.7. The number of nitrogens with one attached hydrogen (secondary N) is 1. The molecule has 5 aromatic rings. The summed E-state index contributed by atoms with van der Waals surface area (Å²) in [6.07, 6.45) is -5.84. The largest absolute Gasteiger partial charge is 0.507 e. The third-order valence-electron chi connectivity index (χ3n) is 8.19. The monoisotopic (exact) mass is 709 g/mol. The minimum atomic E-state index is -5.84. The van der Waals surface area contributed by atoms with Gasteiger partial charge in [0.25, 0.3) is 0 Å². The molecule has 0 bridgehead atoms. The summed E-state index contributed by atoms with van der Waals surface area (Å²) >= 11 is 0. The Morgan fingerprint density at radius 3 is 0.735 bits per heavy atom. The van der Waals surface area contributed by atoms with Crippen LogP contribution in [-0.2, 0) is 13.1 Å². The summed E-state index contributed by atoms with van der Waals surface area (Å²) in [6, 6.07) is 12.4. The van der Waals surface area contributed by atoms with E-state index < -0.39 is 128 Å². The van der Waals surface area contributed by atoms with Gasteiger partial charge in [-0.2, -0.15) is 0 Å². The maximum Gasteiger partial charge on any atom is 0.307 e. The van der Waals surface area contributed by atoms with Crippen molar-refractivity contribution in [1.82, 2.24) is 0 Å². The Bertz CT molecular complexity index is 1790. The molecule has 0 aliphatic carbocycles. The van der Waals surface area contributed by atoms with Crippen LogP contribution < -0.4 is 21.2 Å². The second kappa shape index (κ2) is 13.2. The molecule has 5 aromatic carbocycles. The molecular formula is C32H15BF15N. The highest BCUT2D eigenvalue weighted by atomic mass is 19.2. The molecule has 0 atom stereocenters. The van der Waals surface area contributed by atoms with E-state index >= 15 is 52.7 Å². The maximum absolute atomic E-state index is 16.1. The summed E-state index contributed by atoms with van der Waals surface area (Å²) in [5.74, 6) is -45.4. The van der Waals surface area contributed by atoms with Crippen LogP contribution in [0, 0.1) is 87.3 Å². The average Bonchev–Trinajstić information content (AvgIpc) is 3.10. The topological polar surface area (TPSA) is 4.44 Å². The predicted molar refractivity (Wildman–Crippen MR) is 145 cm³/mol. The molecule has 49 heavy (non-hydrogen) atoms. The van der Waals surface area contributed by atoms with Gasteiger partial charge in [-0.15, -0.1) is 0 Å². The summed E-state index contributed by atoms with van der Waals surface area (Å²) in [6.45, 7) is -2.21. The van der Waals surface area contributed by atoms with Crippen LogP contribution in [0.25, 0.3) is 0 Å². The SMILES string of the molecule is Fc1c(F)c(F)c([B-](c2c(F)c(F)c(F)c(F)c2F)(c2c(F)c(F)c(F)c(F)c2F)[NH+](Cc2ccccc2)Cc2ccccc2)c(F)c1F. The zero-order chi connectivity index (χ0) is 36.1. The Kier molecular flexibility index (Phi) is 9.51. The van der Waals surface area contributed by atoms with Gasteiger partial charge in [-0.3, -0.25) is 0 Å². The van der Waals surface area contributed by atoms with Crippen LogP contribution in [-0.4, -0.2) is 6.28 Å². The van der Waals surface area contributed by atoms with Gasteiger partial charge < -0.3 is 4.81 Å². The highest BCUT2D eigenvalue weighted by Gasteiger charge is 2.56. The van der Waals surface area contributed by atoms with E-state index in [4.69, 9.17) is 0 Å². The lowest BCUT2D eigenvalue weighted by molar-refractivity contribution is -0.822. The quantitative estimate of drug-likeness (QED) is 0.0871. The van der Waals surface area contributed by atoms with Crippen molar-refractivity contribution in [1.29, 1.82) is 0 Å². The van der Waals surface area contributed by atoms with Crippen molar-refractivity contribution in [3.63, 3.8) is 0 Å². The molecule has 0 amide bonds. The Balaban J connectivity index is 2.20. The maximum atomic E-state index is 16.1. The molecule has 0 fully saturated rings. The van der Waals surface area contributed by atoms with Crippen LogP contribution in [0.15, 0.2) is 60.7 Å². The molecule has 0 unspecified atom stereocenters. The molecule has 0 aliphatic rings. The Labute approximate surface area is 265 Å². The van der Waals surface area contributed by atoms with E-state index in [-0.39, 0.29) is 11.1 Å². The molecule has 5 rings (SSSR count). The van der Waals surface area contributed by atoms with Crippen LogP contribution in [0.4, 0.5) is 65.9 Å². The fourth-order valence-electron chi connectivity index (χ4n) is 6.14. The summed E-state index contributed by atoms with van der Waals surface area (Å²) < 4.78 is 229. The first-order valence-electron chi connectivity index (χ1n) is 13.7. The highest BCUT2D eigenvalue weighted by molar-refractivity contribution is 7.05. The van der Waals surface area contributed by atoms with Gasteiger partial charge in [0.2, 0.25) is 0 Å². The Morgan fingerprint density at radius 2 is 0.510 bits per heavy atom. The standard InChI is InChI=1S/C32H15BF15N/c34-18-15(19(35)25(41)30(46)24(18)40)33(16-20(36)26(42)31(47)27(43)21(16)37,17-22(38)28(44)32(48)29(45)23(17)39)49(11-13-7-3-1-4-8-13)12-14-9-5-2-6-10-14/h1-10,49H,11-12H2. The van der Waals surface area contributed by atoms with Crippen molar-refractivity contribution in [2.45, 2.75) is 13.1 Å². The molecular weight excluding hydrogens is 694 g/mol. The van der Waals surface area contributed by atoms with Crippen LogP contribution >= 0.6 is 0 Å². The van der Waals surface area contributed by atoms with Gasteiger partial charge in [0.05, 0.1) is 13.1 Å². The van der Waals surface area contributed by atoms with Gasteiger partial charge in [0, 0.05) is 11.1 Å². The van der Waals surface area contributed by atoms with Crippen LogP contribution in [0.1, 0.15) is 11.1 Å². The van der Waals surface area contributed by atoms with Gasteiger partial charge >= 0.3 is 6.28 Å². The molecule has 0 saturated carbocycles. The zero-order valence-corrected chi connectivity index (χ0v) is 23.9. The fourth-order valence-corrected chi connectivity index (χ4v) is 6.14. The first kappa shape index (κ1) is 35.4. The highest BCUT2D eigenvalue weighted by Crippen LogP contribution is 2.26. The second-order valence-corrected chi connectivity index (χ2v) is 10.8. The predicted octanol–water partition coefficient (Wildman–Crippen LogP) is 6.03. The number of rotatable bonds is 8. The first-order chi connectivity index (χ1) is 23.1. The summed E-state index contributed by atoms with van der Waals surface area (Å²) in [5, 5.41) is 0. The van der Waals surface area contributed by atoms with Gasteiger partial charge in [-0.05, 0) is 0 Å². The molecule has 0 aliphatic heterocycles. The van der Waals surface area contributed by atoms with Gasteiger partial charge in [0.15, 0.2) is 52.4 Å². The van der Waals surface area contributed by atoms with Crippen molar-refractivity contribution in [3.8, 4) is 0 Å². The minimum Gasteiger partial charge on any atom is -0.507 e. The molecule has 0 radical (unpaired) electrons. The Morgan fingerprint density at radius 1 is 0.306 bits per heavy atom. The van der Waals surface area contributed by atoms with Crippen molar-refractivity contribution in [2.24, 2.45) is 0 Å². The molecule has 0 aromatic heterocycles. The third kappa shape index (κ3) is 5.49. The molecule has 0 saturated heterocycles. The van der Waals surface area contributed by atoms with E-state index in [9.17, 15) is 13.2 Å². The molecule has 1 N–H and O–H groups in total. The molecule has 0 spiro atoms. The fraction of sp³-hybridized carbons (Fsp3) is 0.0625. The Hall–Kier alpha value is -4.93. The smallest absolute Gasteiger partial charge is 0.307 e. The number of benzene rings is 5. The van der Waals surface area contributed by atoms with E-state index in [1.54, 1.807) is 0 Å². The van der Waals surface area contributed by atoms with Gasteiger partial charge in [0.1, 0.15) is 34.9 Å². The lowest BCUT2D eigenvalue weighted by Crippen LogP contribution is -3.28. The van der Waals surface area contributed by atoms with Crippen LogP contribution in [0.3, 0.4) is 0 Å². The lowest BCUT2D eigenvalue weighted by atomic mass is 9.22. The average molecular weight is 709 g/mol. The summed E-state index contributed by atoms with van der Waals surface area (Å²) in [4.78, 5) is -1.20. The molecule has 256 valence electrons. The molecule has 17 heteroatoms. The summed E-state index contributed by atoms with van der Waals surface area (Å²) in [7, 11) is 0. The number of quaternary nitrogens is 1. The minimum absolute atomic E-state index is 0.142. The van der Waals surface area contributed by atoms with E-state index in [1.807, 2.05) is 0 Å². The molecule has 1 nitrogen and oxygen atoms in total. The third-order valence-corrected chi connectivity index (χ3v) is 8.19. The lowest BCUT2D eigenvalue weighted by Gasteiger charge is -2.49. The van der Waals surface area contributed by atoms with E-state index in [2.05, 4.69) is 0 Å². The van der Waals surface area contributed by atoms with Crippen molar-refractivity contribution >= 4 is 22.7 Å². The number of halogens is 15. The van der Waals surface area contributed by atoms with E-state index in [0.29, 0.717) is 0 Å². The second-order valence-electron chi connectivity index (χ2n) is 10.8. The zero-order valence-electron chi connectivity index (χ0n) is 23.9. The number of hydrogen-bond donors (Lipinski definition) is 1. The summed E-state index contributed by atoms with van der Waals surface area (Å²) in [5.41, 5.74) is -8.23. The number of hydrogen-bond acceptors (Lipinski definition) is 0. The van der Waals surface area contributed by atoms with Crippen molar-refractivity contribution in [2.75, 3.05) is 0 Å². The van der Waals surface area contributed by atoms with Crippen molar-refractivity contribution < 1.29 is 70.7 Å². The van der Waals surface area contributed by atoms with Crippen molar-refractivity contribution in [3.05, 3.63) is 159 Å². The van der Waals surface area contributed by atoms with E-state index in [0.717, 1.165) is 24.3 Å². The van der Waals surface area contributed by atoms with Gasteiger partial charge in [-0.1, -0.05) is 77.1 Å². The van der Waals surface area contributed by atoms with Gasteiger partial charge in [-0.25, -0.2) is 65.9 Å². The molecule has 0 heterocycles. The van der Waals surface area contributed by atoms with Crippen LogP contribution in [0.5, 0.6) is 0 Å². The van der Waals surface area contributed by atoms with Crippen LogP contribution in [0.2, 0.25) is 0 Å².